The summed E-state index contributed by atoms with van der Waals surface area (Å²) in [5.41, 5.74) is 1.22. The van der Waals surface area contributed by atoms with Gasteiger partial charge in [0, 0.05) is 23.5 Å². The van der Waals surface area contributed by atoms with Crippen molar-refractivity contribution >= 4 is 23.2 Å². The molecule has 1 aromatic heterocycles. The lowest BCUT2D eigenvalue weighted by atomic mass is 10.1. The first-order valence-corrected chi connectivity index (χ1v) is 11.9. The zero-order valence-electron chi connectivity index (χ0n) is 19.2. The van der Waals surface area contributed by atoms with Crippen LogP contribution in [-0.4, -0.2) is 48.4 Å². The van der Waals surface area contributed by atoms with Crippen molar-refractivity contribution in [2.24, 2.45) is 0 Å². The molecule has 0 aliphatic heterocycles. The Morgan fingerprint density at radius 3 is 2.41 bits per heavy atom. The molecule has 0 radical (unpaired) electrons. The highest BCUT2D eigenvalue weighted by molar-refractivity contribution is 7.09. The number of amides is 2. The fourth-order valence-corrected chi connectivity index (χ4v) is 4.48. The molecule has 0 saturated heterocycles. The van der Waals surface area contributed by atoms with Crippen molar-refractivity contribution in [1.29, 1.82) is 0 Å². The van der Waals surface area contributed by atoms with E-state index in [0.29, 0.717) is 30.2 Å². The molecule has 178 valence electrons. The zero-order chi connectivity index (χ0) is 24.1. The molecular weight excluding hydrogens is 455 g/mol. The van der Waals surface area contributed by atoms with Gasteiger partial charge in [0.25, 0.3) is 5.91 Å². The van der Waals surface area contributed by atoms with Crippen molar-refractivity contribution in [3.05, 3.63) is 81.8 Å². The van der Waals surface area contributed by atoms with Gasteiger partial charge in [-0.1, -0.05) is 18.2 Å². The molecule has 4 rings (SSSR count). The number of nitrogens with zero attached hydrogens (tertiary/aromatic N) is 2. The van der Waals surface area contributed by atoms with Crippen LogP contribution in [0.15, 0.2) is 60.0 Å². The smallest absolute Gasteiger partial charge is 0.258 e. The lowest BCUT2D eigenvalue weighted by Crippen LogP contribution is -2.43. The Balaban J connectivity index is 1.55. The minimum Gasteiger partial charge on any atom is -0.497 e. The highest BCUT2D eigenvalue weighted by atomic mass is 32.1. The lowest BCUT2D eigenvalue weighted by molar-refractivity contribution is -0.133. The Morgan fingerprint density at radius 2 is 1.79 bits per heavy atom. The third-order valence-electron chi connectivity index (χ3n) is 5.76. The number of methoxy groups -OCH3 is 2. The Kier molecular flexibility index (Phi) is 7.47. The normalized spacial score (nSPS) is 12.8. The number of halogens is 1. The maximum absolute atomic E-state index is 13.5. The summed E-state index contributed by atoms with van der Waals surface area (Å²) in [7, 11) is 3.05. The topological polar surface area (TPSA) is 59.1 Å². The first-order valence-electron chi connectivity index (χ1n) is 11.1. The van der Waals surface area contributed by atoms with Crippen LogP contribution < -0.4 is 9.47 Å². The number of hydrogen-bond donors (Lipinski definition) is 0. The first-order chi connectivity index (χ1) is 16.5. The Bertz CT molecular complexity index is 1130. The van der Waals surface area contributed by atoms with Crippen LogP contribution in [0.1, 0.15) is 33.6 Å². The van der Waals surface area contributed by atoms with Crippen molar-refractivity contribution in [2.75, 3.05) is 20.8 Å². The molecular formula is C26H27FN2O4S. The van der Waals surface area contributed by atoms with Crippen molar-refractivity contribution in [3.8, 4) is 11.5 Å². The van der Waals surface area contributed by atoms with E-state index in [1.165, 1.54) is 19.2 Å². The summed E-state index contributed by atoms with van der Waals surface area (Å²) >= 11 is 1.57. The van der Waals surface area contributed by atoms with Crippen molar-refractivity contribution in [1.82, 2.24) is 9.80 Å². The predicted octanol–water partition coefficient (Wildman–Crippen LogP) is 4.74. The summed E-state index contributed by atoms with van der Waals surface area (Å²) in [4.78, 5) is 31.3. The summed E-state index contributed by atoms with van der Waals surface area (Å²) in [6, 6.07) is 15.1. The van der Waals surface area contributed by atoms with E-state index in [1.54, 1.807) is 58.6 Å². The standard InChI is InChI=1S/C26H27FN2O4S/c1-32-21-11-12-23(24(14-21)33-2)26(31)29(20-9-10-20)17-25(30)28(16-22-4-3-13-34-22)15-18-5-7-19(27)8-6-18/h3-8,11-14,20H,9-10,15-17H2,1-2H3. The van der Waals surface area contributed by atoms with Gasteiger partial charge in [0.15, 0.2) is 0 Å². The van der Waals surface area contributed by atoms with Crippen LogP contribution in [0, 0.1) is 5.82 Å². The monoisotopic (exact) mass is 482 g/mol. The molecule has 0 N–H and O–H groups in total. The van der Waals surface area contributed by atoms with Gasteiger partial charge in [-0.25, -0.2) is 4.39 Å². The molecule has 2 aromatic carbocycles. The summed E-state index contributed by atoms with van der Waals surface area (Å²) in [5, 5.41) is 1.96. The van der Waals surface area contributed by atoms with E-state index in [1.807, 2.05) is 17.5 Å². The average Bonchev–Trinajstić information content (AvgIpc) is 3.57. The molecule has 1 aliphatic carbocycles. The maximum atomic E-state index is 13.5. The number of benzene rings is 2. The van der Waals surface area contributed by atoms with Gasteiger partial charge in [-0.3, -0.25) is 9.59 Å². The van der Waals surface area contributed by atoms with Gasteiger partial charge in [-0.05, 0) is 54.1 Å². The van der Waals surface area contributed by atoms with E-state index in [-0.39, 0.29) is 30.2 Å². The lowest BCUT2D eigenvalue weighted by Gasteiger charge is -2.28. The van der Waals surface area contributed by atoms with Crippen LogP contribution in [0.25, 0.3) is 0 Å². The number of carbonyl (C=O) groups excluding carboxylic acids is 2. The second-order valence-corrected chi connectivity index (χ2v) is 9.22. The number of hydrogen-bond acceptors (Lipinski definition) is 5. The summed E-state index contributed by atoms with van der Waals surface area (Å²) in [6.07, 6.45) is 1.72. The second-order valence-electron chi connectivity index (χ2n) is 8.19. The molecule has 1 heterocycles. The molecule has 2 amide bonds. The third kappa shape index (κ3) is 5.75. The second kappa shape index (κ2) is 10.7. The van der Waals surface area contributed by atoms with Gasteiger partial charge >= 0.3 is 0 Å². The Morgan fingerprint density at radius 1 is 1.03 bits per heavy atom. The average molecular weight is 483 g/mol. The van der Waals surface area contributed by atoms with Gasteiger partial charge in [-0.15, -0.1) is 11.3 Å². The van der Waals surface area contributed by atoms with Gasteiger partial charge in [-0.2, -0.15) is 0 Å². The van der Waals surface area contributed by atoms with E-state index in [9.17, 15) is 14.0 Å². The van der Waals surface area contributed by atoms with Crippen molar-refractivity contribution in [2.45, 2.75) is 32.0 Å². The van der Waals surface area contributed by atoms with Crippen LogP contribution in [0.5, 0.6) is 11.5 Å². The number of rotatable bonds is 10. The van der Waals surface area contributed by atoms with Crippen molar-refractivity contribution in [3.63, 3.8) is 0 Å². The van der Waals surface area contributed by atoms with Gasteiger partial charge in [0.1, 0.15) is 23.9 Å². The fourth-order valence-electron chi connectivity index (χ4n) is 3.76. The molecule has 1 aliphatic rings. The number of ether oxygens (including phenoxy) is 2. The van der Waals surface area contributed by atoms with Gasteiger partial charge in [0.2, 0.25) is 5.91 Å². The molecule has 1 fully saturated rings. The molecule has 0 bridgehead atoms. The zero-order valence-corrected chi connectivity index (χ0v) is 20.0. The summed E-state index contributed by atoms with van der Waals surface area (Å²) in [6.45, 7) is 0.716. The third-order valence-corrected chi connectivity index (χ3v) is 6.62. The largest absolute Gasteiger partial charge is 0.497 e. The minimum absolute atomic E-state index is 0.0256. The highest BCUT2D eigenvalue weighted by Gasteiger charge is 2.36. The van der Waals surface area contributed by atoms with E-state index < -0.39 is 0 Å². The van der Waals surface area contributed by atoms with Crippen LogP contribution in [-0.2, 0) is 17.9 Å². The molecule has 0 unspecified atom stereocenters. The fraction of sp³-hybridized carbons (Fsp3) is 0.308. The Labute approximate surface area is 202 Å². The SMILES string of the molecule is COc1ccc(C(=O)N(CC(=O)N(Cc2ccc(F)cc2)Cc2cccs2)C2CC2)c(OC)c1. The van der Waals surface area contributed by atoms with E-state index in [4.69, 9.17) is 9.47 Å². The van der Waals surface area contributed by atoms with Crippen molar-refractivity contribution < 1.29 is 23.5 Å². The Hall–Kier alpha value is -3.39. The quantitative estimate of drug-likeness (QED) is 0.419. The molecule has 1 saturated carbocycles. The minimum atomic E-state index is -0.321. The van der Waals surface area contributed by atoms with Gasteiger partial charge in [0.05, 0.1) is 26.3 Å². The molecule has 0 spiro atoms. The van der Waals surface area contributed by atoms with E-state index in [0.717, 1.165) is 23.3 Å². The van der Waals surface area contributed by atoms with Crippen LogP contribution in [0.2, 0.25) is 0 Å². The van der Waals surface area contributed by atoms with E-state index in [2.05, 4.69) is 0 Å². The molecule has 8 heteroatoms. The van der Waals surface area contributed by atoms with Crippen LogP contribution in [0.3, 0.4) is 0 Å². The molecule has 34 heavy (non-hydrogen) atoms. The molecule has 6 nitrogen and oxygen atoms in total. The highest BCUT2D eigenvalue weighted by Crippen LogP contribution is 2.32. The van der Waals surface area contributed by atoms with E-state index >= 15 is 0 Å². The molecule has 0 atom stereocenters. The first kappa shape index (κ1) is 23.8. The summed E-state index contributed by atoms with van der Waals surface area (Å²) in [5.74, 6) is 0.269. The van der Waals surface area contributed by atoms with Gasteiger partial charge < -0.3 is 19.3 Å². The molecule has 3 aromatic rings. The van der Waals surface area contributed by atoms with Crippen LogP contribution >= 0.6 is 11.3 Å². The summed E-state index contributed by atoms with van der Waals surface area (Å²) < 4.78 is 24.0. The maximum Gasteiger partial charge on any atom is 0.258 e. The number of thiophene rings is 1. The number of carbonyl (C=O) groups is 2. The van der Waals surface area contributed by atoms with Crippen LogP contribution in [0.4, 0.5) is 4.39 Å². The predicted molar refractivity (Wildman–Crippen MR) is 129 cm³/mol.